The molecule has 9 nitrogen and oxygen atoms in total. The van der Waals surface area contributed by atoms with Crippen molar-refractivity contribution in [2.75, 3.05) is 24.5 Å². The van der Waals surface area contributed by atoms with Gasteiger partial charge in [0.2, 0.25) is 0 Å². The van der Waals surface area contributed by atoms with E-state index in [1.807, 2.05) is 18.2 Å². The minimum atomic E-state index is -1.18. The molecule has 1 aromatic heterocycles. The third-order valence-electron chi connectivity index (χ3n) is 6.59. The number of carbonyl (C=O) groups is 2. The molecule has 0 radical (unpaired) electrons. The molecule has 3 aromatic rings. The number of aliphatic hydroxyl groups is 1. The van der Waals surface area contributed by atoms with E-state index in [1.165, 1.54) is 0 Å². The van der Waals surface area contributed by atoms with Gasteiger partial charge in [0.15, 0.2) is 11.4 Å². The first-order valence-electron chi connectivity index (χ1n) is 12.1. The number of carboxylic acids is 1. The molecular formula is C27H29ClN4O5. The Balaban J connectivity index is 1.37. The Bertz CT molecular complexity index is 1290. The van der Waals surface area contributed by atoms with Gasteiger partial charge >= 0.3 is 5.97 Å². The van der Waals surface area contributed by atoms with Gasteiger partial charge in [-0.2, -0.15) is 0 Å². The Labute approximate surface area is 219 Å². The van der Waals surface area contributed by atoms with Crippen molar-refractivity contribution >= 4 is 29.2 Å². The van der Waals surface area contributed by atoms with E-state index in [1.54, 1.807) is 6.92 Å². The highest BCUT2D eigenvalue weighted by Gasteiger charge is 2.23. The second kappa shape index (κ2) is 11.6. The summed E-state index contributed by atoms with van der Waals surface area (Å²) < 4.78 is 0. The van der Waals surface area contributed by atoms with Crippen LogP contribution in [0.3, 0.4) is 0 Å². The van der Waals surface area contributed by atoms with E-state index in [-0.39, 0.29) is 23.7 Å². The first-order valence-corrected chi connectivity index (χ1v) is 12.4. The van der Waals surface area contributed by atoms with Crippen LogP contribution in [0, 0.1) is 12.8 Å². The van der Waals surface area contributed by atoms with Crippen molar-refractivity contribution < 1.29 is 24.9 Å². The van der Waals surface area contributed by atoms with Crippen LogP contribution < -0.4 is 10.2 Å². The van der Waals surface area contributed by atoms with Crippen molar-refractivity contribution in [2.45, 2.75) is 32.8 Å². The Morgan fingerprint density at radius 2 is 1.76 bits per heavy atom. The molecule has 0 atom stereocenters. The zero-order chi connectivity index (χ0) is 26.5. The summed E-state index contributed by atoms with van der Waals surface area (Å²) in [4.78, 5) is 33.9. The first kappa shape index (κ1) is 26.4. The normalized spacial score (nSPS) is 14.0. The predicted octanol–water partition coefficient (Wildman–Crippen LogP) is 3.58. The standard InChI is InChI=1S/C27H29ClN4O5/c1-16-26(36)25(27(37)29-14-24(34)35)31-23(30-16)12-17-8-10-32(11-9-17)21-6-4-18(5-7-21)19-2-3-20(15-33)22(28)13-19/h2-7,13,17,33,36H,8-12,14-15H2,1H3,(H,29,37)(H,34,35). The molecule has 0 aliphatic carbocycles. The molecule has 0 spiro atoms. The lowest BCUT2D eigenvalue weighted by molar-refractivity contribution is -0.135. The summed E-state index contributed by atoms with van der Waals surface area (Å²) in [6.45, 7) is 2.68. The average molecular weight is 525 g/mol. The third kappa shape index (κ3) is 6.36. The molecule has 1 fully saturated rings. The summed E-state index contributed by atoms with van der Waals surface area (Å²) in [5, 5.41) is 31.1. The summed E-state index contributed by atoms with van der Waals surface area (Å²) in [5.41, 5.74) is 3.97. The smallest absolute Gasteiger partial charge is 0.322 e. The number of carboxylic acid groups (broad SMARTS) is 1. The lowest BCUT2D eigenvalue weighted by Gasteiger charge is -2.33. The van der Waals surface area contributed by atoms with Gasteiger partial charge in [-0.25, -0.2) is 9.97 Å². The molecule has 10 heteroatoms. The topological polar surface area (TPSA) is 136 Å². The van der Waals surface area contributed by atoms with Gasteiger partial charge in [-0.15, -0.1) is 0 Å². The number of aryl methyl sites for hydroxylation is 1. The lowest BCUT2D eigenvalue weighted by atomic mass is 9.92. The molecule has 2 aromatic carbocycles. The van der Waals surface area contributed by atoms with E-state index in [0.29, 0.717) is 28.7 Å². The van der Waals surface area contributed by atoms with E-state index >= 15 is 0 Å². The summed E-state index contributed by atoms with van der Waals surface area (Å²) in [6, 6.07) is 14.0. The van der Waals surface area contributed by atoms with Crippen LogP contribution in [0.5, 0.6) is 5.75 Å². The molecule has 2 heterocycles. The van der Waals surface area contributed by atoms with E-state index < -0.39 is 18.4 Å². The van der Waals surface area contributed by atoms with Gasteiger partial charge in [-0.1, -0.05) is 35.9 Å². The molecule has 0 unspecified atom stereocenters. The molecule has 1 aliphatic heterocycles. The van der Waals surface area contributed by atoms with Crippen molar-refractivity contribution in [3.05, 3.63) is 70.3 Å². The van der Waals surface area contributed by atoms with Gasteiger partial charge < -0.3 is 25.5 Å². The molecule has 0 bridgehead atoms. The molecule has 1 saturated heterocycles. The number of carbonyl (C=O) groups excluding carboxylic acids is 1. The molecule has 1 aliphatic rings. The molecule has 0 saturated carbocycles. The predicted molar refractivity (Wildman–Crippen MR) is 140 cm³/mol. The number of aliphatic carboxylic acids is 1. The second-order valence-corrected chi connectivity index (χ2v) is 9.55. The number of aromatic hydroxyl groups is 1. The zero-order valence-electron chi connectivity index (χ0n) is 20.4. The lowest BCUT2D eigenvalue weighted by Crippen LogP contribution is -2.34. The van der Waals surface area contributed by atoms with Gasteiger partial charge in [-0.05, 0) is 60.6 Å². The fraction of sp³-hybridized carbons (Fsp3) is 0.333. The number of hydrogen-bond acceptors (Lipinski definition) is 7. The van der Waals surface area contributed by atoms with Crippen LogP contribution in [0.4, 0.5) is 5.69 Å². The number of piperidine rings is 1. The summed E-state index contributed by atoms with van der Waals surface area (Å²) in [7, 11) is 0. The minimum absolute atomic E-state index is 0.0875. The number of nitrogens with zero attached hydrogens (tertiary/aromatic N) is 3. The number of hydrogen-bond donors (Lipinski definition) is 4. The number of nitrogens with one attached hydrogen (secondary N) is 1. The van der Waals surface area contributed by atoms with Gasteiger partial charge in [0.1, 0.15) is 12.4 Å². The summed E-state index contributed by atoms with van der Waals surface area (Å²) >= 11 is 6.24. The fourth-order valence-electron chi connectivity index (χ4n) is 4.49. The van der Waals surface area contributed by atoms with Crippen molar-refractivity contribution in [3.63, 3.8) is 0 Å². The number of halogens is 1. The highest BCUT2D eigenvalue weighted by atomic mass is 35.5. The van der Waals surface area contributed by atoms with Crippen molar-refractivity contribution in [2.24, 2.45) is 5.92 Å². The summed E-state index contributed by atoms with van der Waals surface area (Å²) in [5.74, 6) is -1.47. The Morgan fingerprint density at radius 1 is 1.08 bits per heavy atom. The average Bonchev–Trinajstić information content (AvgIpc) is 2.89. The molecule has 1 amide bonds. The van der Waals surface area contributed by atoms with Crippen LogP contribution in [0.15, 0.2) is 42.5 Å². The van der Waals surface area contributed by atoms with E-state index in [0.717, 1.165) is 42.7 Å². The first-order chi connectivity index (χ1) is 17.7. The van der Waals surface area contributed by atoms with E-state index in [9.17, 15) is 19.8 Å². The minimum Gasteiger partial charge on any atom is -0.504 e. The Kier molecular flexibility index (Phi) is 8.25. The molecule has 4 N–H and O–H groups in total. The largest absolute Gasteiger partial charge is 0.504 e. The Morgan fingerprint density at radius 3 is 2.38 bits per heavy atom. The van der Waals surface area contributed by atoms with Crippen LogP contribution in [0.1, 0.15) is 40.4 Å². The summed E-state index contributed by atoms with van der Waals surface area (Å²) in [6.07, 6.45) is 2.41. The van der Waals surface area contributed by atoms with Gasteiger partial charge in [0.05, 0.1) is 12.3 Å². The van der Waals surface area contributed by atoms with Crippen molar-refractivity contribution in [1.82, 2.24) is 15.3 Å². The number of amides is 1. The maximum atomic E-state index is 12.3. The third-order valence-corrected chi connectivity index (χ3v) is 6.95. The maximum absolute atomic E-state index is 12.3. The SMILES string of the molecule is Cc1nc(CC2CCN(c3ccc(-c4ccc(CO)c(Cl)c4)cc3)CC2)nc(C(=O)NCC(=O)O)c1O. The number of aliphatic hydroxyl groups excluding tert-OH is 1. The van der Waals surface area contributed by atoms with E-state index in [4.69, 9.17) is 16.7 Å². The van der Waals surface area contributed by atoms with Gasteiger partial charge in [0.25, 0.3) is 5.91 Å². The van der Waals surface area contributed by atoms with Gasteiger partial charge in [-0.3, -0.25) is 9.59 Å². The number of anilines is 1. The zero-order valence-corrected chi connectivity index (χ0v) is 21.2. The number of aromatic nitrogens is 2. The van der Waals surface area contributed by atoms with Crippen LogP contribution in [0.25, 0.3) is 11.1 Å². The molecule has 194 valence electrons. The highest BCUT2D eigenvalue weighted by Crippen LogP contribution is 2.30. The quantitative estimate of drug-likeness (QED) is 0.351. The van der Waals surface area contributed by atoms with Crippen LogP contribution in [0.2, 0.25) is 5.02 Å². The second-order valence-electron chi connectivity index (χ2n) is 9.14. The van der Waals surface area contributed by atoms with Gasteiger partial charge in [0, 0.05) is 30.2 Å². The molecular weight excluding hydrogens is 496 g/mol. The number of benzene rings is 2. The monoisotopic (exact) mass is 524 g/mol. The van der Waals surface area contributed by atoms with Crippen molar-refractivity contribution in [1.29, 1.82) is 0 Å². The fourth-order valence-corrected chi connectivity index (χ4v) is 4.73. The molecule has 37 heavy (non-hydrogen) atoms. The van der Waals surface area contributed by atoms with Crippen LogP contribution >= 0.6 is 11.6 Å². The maximum Gasteiger partial charge on any atom is 0.322 e. The number of rotatable bonds is 8. The van der Waals surface area contributed by atoms with Crippen molar-refractivity contribution in [3.8, 4) is 16.9 Å². The van der Waals surface area contributed by atoms with Crippen LogP contribution in [-0.2, 0) is 17.8 Å². The van der Waals surface area contributed by atoms with E-state index in [2.05, 4.69) is 44.5 Å². The highest BCUT2D eigenvalue weighted by molar-refractivity contribution is 6.31. The molecule has 4 rings (SSSR count). The van der Waals surface area contributed by atoms with Crippen LogP contribution in [-0.4, -0.2) is 56.8 Å². The Hall–Kier alpha value is -3.69.